The third kappa shape index (κ3) is 1.01. The third-order valence-corrected chi connectivity index (χ3v) is 1.50. The largest absolute Gasteiger partial charge is 0.396 e. The first kappa shape index (κ1) is 6.78. The monoisotopic (exact) mass is 161 g/mol. The van der Waals surface area contributed by atoms with Crippen molar-refractivity contribution in [2.24, 2.45) is 0 Å². The summed E-state index contributed by atoms with van der Waals surface area (Å²) in [7, 11) is 0. The summed E-state index contributed by atoms with van der Waals surface area (Å²) < 4.78 is 1.59. The van der Waals surface area contributed by atoms with Crippen LogP contribution in [0.4, 0.5) is 5.69 Å². The Morgan fingerprint density at radius 3 is 2.92 bits per heavy atom. The molecule has 0 bridgehead atoms. The zero-order chi connectivity index (χ0) is 8.39. The average Bonchev–Trinajstić information content (AvgIpc) is 2.57. The fourth-order valence-electron chi connectivity index (χ4n) is 0.945. The molecule has 5 nitrogen and oxygen atoms in total. The molecule has 2 N–H and O–H groups in total. The lowest BCUT2D eigenvalue weighted by Crippen LogP contribution is -2.00. The van der Waals surface area contributed by atoms with Crippen LogP contribution in [0.15, 0.2) is 30.9 Å². The topological polar surface area (TPSA) is 69.6 Å². The van der Waals surface area contributed by atoms with Gasteiger partial charge in [-0.3, -0.25) is 4.98 Å². The van der Waals surface area contributed by atoms with Gasteiger partial charge in [0.2, 0.25) is 0 Å². The summed E-state index contributed by atoms with van der Waals surface area (Å²) in [6.45, 7) is 0. The highest BCUT2D eigenvalue weighted by Gasteiger charge is 1.99. The maximum atomic E-state index is 5.66. The van der Waals surface area contributed by atoms with Gasteiger partial charge in [0, 0.05) is 6.20 Å². The molecule has 0 unspecified atom stereocenters. The quantitative estimate of drug-likeness (QED) is 0.650. The number of hydrogen-bond acceptors (Lipinski definition) is 4. The van der Waals surface area contributed by atoms with E-state index >= 15 is 0 Å². The first-order chi connectivity index (χ1) is 5.88. The number of pyridine rings is 1. The van der Waals surface area contributed by atoms with Gasteiger partial charge in [-0.25, -0.2) is 4.68 Å². The van der Waals surface area contributed by atoms with Crippen molar-refractivity contribution in [1.82, 2.24) is 20.0 Å². The Morgan fingerprint density at radius 2 is 2.25 bits per heavy atom. The van der Waals surface area contributed by atoms with Crippen molar-refractivity contribution in [3.63, 3.8) is 0 Å². The smallest absolute Gasteiger partial charge is 0.0923 e. The highest BCUT2D eigenvalue weighted by Crippen LogP contribution is 2.11. The molecule has 0 aliphatic carbocycles. The fraction of sp³-hybridized carbons (Fsp3) is 0. The summed E-state index contributed by atoms with van der Waals surface area (Å²) in [6, 6.07) is 1.78. The van der Waals surface area contributed by atoms with Gasteiger partial charge in [-0.05, 0) is 6.07 Å². The van der Waals surface area contributed by atoms with Crippen LogP contribution in [-0.4, -0.2) is 20.0 Å². The van der Waals surface area contributed by atoms with Gasteiger partial charge in [0.15, 0.2) is 0 Å². The van der Waals surface area contributed by atoms with Crippen molar-refractivity contribution in [1.29, 1.82) is 0 Å². The summed E-state index contributed by atoms with van der Waals surface area (Å²) >= 11 is 0. The molecule has 0 spiro atoms. The summed E-state index contributed by atoms with van der Waals surface area (Å²) in [4.78, 5) is 3.87. The third-order valence-electron chi connectivity index (χ3n) is 1.50. The van der Waals surface area contributed by atoms with Gasteiger partial charge in [-0.2, -0.15) is 0 Å². The molecule has 2 heterocycles. The average molecular weight is 161 g/mol. The van der Waals surface area contributed by atoms with Crippen LogP contribution in [0.3, 0.4) is 0 Å². The highest BCUT2D eigenvalue weighted by molar-refractivity contribution is 5.54. The lowest BCUT2D eigenvalue weighted by atomic mass is 10.3. The Bertz CT molecular complexity index is 367. The van der Waals surface area contributed by atoms with Gasteiger partial charge in [0.1, 0.15) is 0 Å². The van der Waals surface area contributed by atoms with Gasteiger partial charge in [-0.15, -0.1) is 5.10 Å². The highest BCUT2D eigenvalue weighted by atomic mass is 15.4. The van der Waals surface area contributed by atoms with E-state index in [0.29, 0.717) is 5.69 Å². The summed E-state index contributed by atoms with van der Waals surface area (Å²) in [5, 5.41) is 7.48. The van der Waals surface area contributed by atoms with Crippen molar-refractivity contribution >= 4 is 5.69 Å². The standard InChI is InChI=1S/C7H7N5/c8-6-5-9-2-1-7(6)12-4-3-10-11-12/h1-5H,8H2. The minimum atomic E-state index is 0.586. The molecule has 0 fully saturated rings. The predicted octanol–water partition coefficient (Wildman–Crippen LogP) is 0.244. The second-order valence-electron chi connectivity index (χ2n) is 2.28. The van der Waals surface area contributed by atoms with Crippen LogP contribution in [0.25, 0.3) is 5.69 Å². The zero-order valence-electron chi connectivity index (χ0n) is 6.25. The zero-order valence-corrected chi connectivity index (χ0v) is 6.25. The van der Waals surface area contributed by atoms with Crippen LogP contribution >= 0.6 is 0 Å². The summed E-state index contributed by atoms with van der Waals surface area (Å²) in [6.07, 6.45) is 6.57. The van der Waals surface area contributed by atoms with E-state index in [1.807, 2.05) is 0 Å². The lowest BCUT2D eigenvalue weighted by molar-refractivity contribution is 0.803. The van der Waals surface area contributed by atoms with Crippen molar-refractivity contribution < 1.29 is 0 Å². The predicted molar refractivity (Wildman–Crippen MR) is 43.6 cm³/mol. The Labute approximate surface area is 68.8 Å². The van der Waals surface area contributed by atoms with Crippen LogP contribution in [0.1, 0.15) is 0 Å². The maximum absolute atomic E-state index is 5.66. The number of nitrogens with zero attached hydrogens (tertiary/aromatic N) is 4. The molecule has 0 aliphatic rings. The van der Waals surface area contributed by atoms with E-state index < -0.39 is 0 Å². The molecule has 60 valence electrons. The summed E-state index contributed by atoms with van der Waals surface area (Å²) in [5.41, 5.74) is 7.04. The van der Waals surface area contributed by atoms with Crippen molar-refractivity contribution in [2.45, 2.75) is 0 Å². The van der Waals surface area contributed by atoms with E-state index in [1.54, 1.807) is 35.5 Å². The number of anilines is 1. The van der Waals surface area contributed by atoms with Crippen molar-refractivity contribution in [2.75, 3.05) is 5.73 Å². The first-order valence-electron chi connectivity index (χ1n) is 3.44. The molecule has 0 amide bonds. The van der Waals surface area contributed by atoms with Crippen LogP contribution in [0.5, 0.6) is 0 Å². The van der Waals surface area contributed by atoms with Crippen molar-refractivity contribution in [3.8, 4) is 5.69 Å². The van der Waals surface area contributed by atoms with E-state index in [1.165, 1.54) is 0 Å². The molecule has 12 heavy (non-hydrogen) atoms. The number of hydrogen-bond donors (Lipinski definition) is 1. The minimum absolute atomic E-state index is 0.586. The molecule has 0 saturated carbocycles. The van der Waals surface area contributed by atoms with E-state index in [2.05, 4.69) is 15.3 Å². The van der Waals surface area contributed by atoms with Gasteiger partial charge in [0.25, 0.3) is 0 Å². The number of aromatic nitrogens is 4. The van der Waals surface area contributed by atoms with E-state index in [9.17, 15) is 0 Å². The minimum Gasteiger partial charge on any atom is -0.396 e. The Morgan fingerprint density at radius 1 is 1.33 bits per heavy atom. The first-order valence-corrected chi connectivity index (χ1v) is 3.44. The molecule has 5 heteroatoms. The van der Waals surface area contributed by atoms with E-state index in [-0.39, 0.29) is 0 Å². The van der Waals surface area contributed by atoms with E-state index in [0.717, 1.165) is 5.69 Å². The molecule has 0 atom stereocenters. The van der Waals surface area contributed by atoms with Gasteiger partial charge >= 0.3 is 0 Å². The van der Waals surface area contributed by atoms with Crippen LogP contribution in [0, 0.1) is 0 Å². The molecule has 2 aromatic heterocycles. The fourth-order valence-corrected chi connectivity index (χ4v) is 0.945. The lowest BCUT2D eigenvalue weighted by Gasteiger charge is -2.01. The van der Waals surface area contributed by atoms with Gasteiger partial charge < -0.3 is 5.73 Å². The molecule has 2 aromatic rings. The molecular weight excluding hydrogens is 154 g/mol. The normalized spacial score (nSPS) is 10.0. The molecule has 0 aromatic carbocycles. The summed E-state index contributed by atoms with van der Waals surface area (Å²) in [5.74, 6) is 0. The number of rotatable bonds is 1. The molecule has 2 rings (SSSR count). The second-order valence-corrected chi connectivity index (χ2v) is 2.28. The van der Waals surface area contributed by atoms with Gasteiger partial charge in [0.05, 0.1) is 30.0 Å². The number of nitrogen functional groups attached to an aromatic ring is 1. The van der Waals surface area contributed by atoms with Crippen molar-refractivity contribution in [3.05, 3.63) is 30.9 Å². The Hall–Kier alpha value is -1.91. The van der Waals surface area contributed by atoms with Crippen LogP contribution < -0.4 is 5.73 Å². The molecule has 0 radical (unpaired) electrons. The SMILES string of the molecule is Nc1cnccc1-n1ccnn1. The molecule has 0 saturated heterocycles. The van der Waals surface area contributed by atoms with Crippen LogP contribution in [0.2, 0.25) is 0 Å². The van der Waals surface area contributed by atoms with E-state index in [4.69, 9.17) is 5.73 Å². The maximum Gasteiger partial charge on any atom is 0.0923 e. The Balaban J connectivity index is 2.55. The molecule has 0 aliphatic heterocycles. The molecular formula is C7H7N5. The van der Waals surface area contributed by atoms with Gasteiger partial charge in [-0.1, -0.05) is 5.21 Å². The second kappa shape index (κ2) is 2.61. The Kier molecular flexibility index (Phi) is 1.48. The van der Waals surface area contributed by atoms with Crippen LogP contribution in [-0.2, 0) is 0 Å². The number of nitrogens with two attached hydrogens (primary N) is 1.